The average Bonchev–Trinajstić information content (AvgIpc) is 2.47. The second-order valence-electron chi connectivity index (χ2n) is 5.45. The quantitative estimate of drug-likeness (QED) is 0.628. The lowest BCUT2D eigenvalue weighted by Crippen LogP contribution is -2.15. The molecule has 1 aromatic rings. The van der Waals surface area contributed by atoms with Gasteiger partial charge in [-0.1, -0.05) is 45.1 Å². The van der Waals surface area contributed by atoms with Crippen LogP contribution < -0.4 is 10.6 Å². The molecule has 0 aliphatic carbocycles. The fourth-order valence-corrected chi connectivity index (χ4v) is 2.27. The molecule has 2 N–H and O–H groups in total. The molecule has 0 aliphatic rings. The van der Waals surface area contributed by atoms with E-state index in [1.54, 1.807) is 0 Å². The predicted octanol–water partition coefficient (Wildman–Crippen LogP) is 5.03. The summed E-state index contributed by atoms with van der Waals surface area (Å²) in [5.41, 5.74) is 1.76. The van der Waals surface area contributed by atoms with Gasteiger partial charge >= 0.3 is 6.09 Å². The molecule has 1 aromatic carbocycles. The van der Waals surface area contributed by atoms with Gasteiger partial charge in [-0.3, -0.25) is 5.32 Å². The summed E-state index contributed by atoms with van der Waals surface area (Å²) >= 11 is 0. The Morgan fingerprint density at radius 2 is 1.90 bits per heavy atom. The zero-order valence-corrected chi connectivity index (χ0v) is 13.4. The van der Waals surface area contributed by atoms with Crippen molar-refractivity contribution in [2.45, 2.75) is 58.4 Å². The van der Waals surface area contributed by atoms with Gasteiger partial charge in [0.15, 0.2) is 0 Å². The van der Waals surface area contributed by atoms with Crippen molar-refractivity contribution in [1.82, 2.24) is 0 Å². The van der Waals surface area contributed by atoms with Gasteiger partial charge in [0.1, 0.15) is 0 Å². The number of methoxy groups -OCH3 is 1. The van der Waals surface area contributed by atoms with Crippen LogP contribution in [0.2, 0.25) is 0 Å². The second-order valence-corrected chi connectivity index (χ2v) is 5.45. The van der Waals surface area contributed by atoms with Crippen LogP contribution in [0.4, 0.5) is 16.2 Å². The smallest absolute Gasteiger partial charge is 0.411 e. The van der Waals surface area contributed by atoms with E-state index in [1.165, 1.54) is 45.6 Å². The number of ether oxygens (including phenoxy) is 1. The molecule has 118 valence electrons. The molecule has 0 heterocycles. The van der Waals surface area contributed by atoms with E-state index in [0.29, 0.717) is 6.04 Å². The lowest BCUT2D eigenvalue weighted by Gasteiger charge is -2.16. The molecule has 0 aliphatic heterocycles. The molecule has 0 saturated carbocycles. The van der Waals surface area contributed by atoms with Gasteiger partial charge in [-0.25, -0.2) is 4.79 Å². The number of unbranched alkanes of at least 4 members (excludes halogenated alkanes) is 4. The van der Waals surface area contributed by atoms with Gasteiger partial charge in [-0.2, -0.15) is 0 Å². The third-order valence-corrected chi connectivity index (χ3v) is 3.45. The first-order valence-electron chi connectivity index (χ1n) is 7.87. The van der Waals surface area contributed by atoms with E-state index in [4.69, 9.17) is 0 Å². The first-order valence-corrected chi connectivity index (χ1v) is 7.87. The molecule has 0 aromatic heterocycles. The van der Waals surface area contributed by atoms with Crippen LogP contribution in [-0.2, 0) is 4.74 Å². The lowest BCUT2D eigenvalue weighted by atomic mass is 10.1. The van der Waals surface area contributed by atoms with E-state index < -0.39 is 6.09 Å². The molecular weight excluding hydrogens is 264 g/mol. The van der Waals surface area contributed by atoms with E-state index in [0.717, 1.165) is 11.4 Å². The summed E-state index contributed by atoms with van der Waals surface area (Å²) in [6.45, 7) is 4.43. The molecule has 4 heteroatoms. The Morgan fingerprint density at radius 3 is 2.62 bits per heavy atom. The Bertz CT molecular complexity index is 421. The molecule has 0 fully saturated rings. The Morgan fingerprint density at radius 1 is 1.19 bits per heavy atom. The summed E-state index contributed by atoms with van der Waals surface area (Å²) in [6.07, 6.45) is 7.24. The number of hydrogen-bond donors (Lipinski definition) is 2. The van der Waals surface area contributed by atoms with Crippen molar-refractivity contribution in [2.24, 2.45) is 0 Å². The Balaban J connectivity index is 2.36. The van der Waals surface area contributed by atoms with Crippen LogP contribution in [0, 0.1) is 0 Å². The first kappa shape index (κ1) is 17.3. The molecule has 21 heavy (non-hydrogen) atoms. The molecule has 1 amide bonds. The Hall–Kier alpha value is -1.71. The number of nitrogens with one attached hydrogen (secondary N) is 2. The topological polar surface area (TPSA) is 50.4 Å². The number of anilines is 2. The van der Waals surface area contributed by atoms with Crippen molar-refractivity contribution in [3.8, 4) is 0 Å². The summed E-state index contributed by atoms with van der Waals surface area (Å²) in [4.78, 5) is 11.2. The van der Waals surface area contributed by atoms with E-state index in [9.17, 15) is 4.79 Å². The van der Waals surface area contributed by atoms with E-state index >= 15 is 0 Å². The van der Waals surface area contributed by atoms with Crippen LogP contribution in [0.1, 0.15) is 52.4 Å². The minimum absolute atomic E-state index is 0.431. The number of carbonyl (C=O) groups excluding carboxylic acids is 1. The second kappa shape index (κ2) is 10.1. The highest BCUT2D eigenvalue weighted by molar-refractivity contribution is 5.85. The number of carbonyl (C=O) groups is 1. The molecule has 0 spiro atoms. The summed E-state index contributed by atoms with van der Waals surface area (Å²) in [7, 11) is 1.36. The monoisotopic (exact) mass is 292 g/mol. The van der Waals surface area contributed by atoms with Gasteiger partial charge in [0.2, 0.25) is 0 Å². The highest BCUT2D eigenvalue weighted by Gasteiger charge is 2.04. The third-order valence-electron chi connectivity index (χ3n) is 3.45. The molecule has 0 radical (unpaired) electrons. The molecule has 0 saturated heterocycles. The van der Waals surface area contributed by atoms with Crippen LogP contribution in [0.3, 0.4) is 0 Å². The van der Waals surface area contributed by atoms with Crippen molar-refractivity contribution in [2.75, 3.05) is 17.7 Å². The van der Waals surface area contributed by atoms with Crippen LogP contribution >= 0.6 is 0 Å². The maximum absolute atomic E-state index is 11.2. The maximum atomic E-state index is 11.2. The van der Waals surface area contributed by atoms with E-state index in [-0.39, 0.29) is 0 Å². The van der Waals surface area contributed by atoms with Crippen LogP contribution in [0.5, 0.6) is 0 Å². The van der Waals surface area contributed by atoms with Gasteiger partial charge in [-0.05, 0) is 31.5 Å². The van der Waals surface area contributed by atoms with Crippen LogP contribution in [-0.4, -0.2) is 19.2 Å². The van der Waals surface area contributed by atoms with Gasteiger partial charge in [0.05, 0.1) is 7.11 Å². The SMILES string of the molecule is CCCCCCCC(C)Nc1cccc(NC(=O)OC)c1. The Labute approximate surface area is 128 Å². The zero-order valence-electron chi connectivity index (χ0n) is 13.4. The highest BCUT2D eigenvalue weighted by Crippen LogP contribution is 2.17. The number of hydrogen-bond acceptors (Lipinski definition) is 3. The van der Waals surface area contributed by atoms with Crippen molar-refractivity contribution in [3.05, 3.63) is 24.3 Å². The van der Waals surface area contributed by atoms with Crippen molar-refractivity contribution < 1.29 is 9.53 Å². The Kier molecular flexibility index (Phi) is 8.32. The van der Waals surface area contributed by atoms with Crippen LogP contribution in [0.15, 0.2) is 24.3 Å². The van der Waals surface area contributed by atoms with Crippen molar-refractivity contribution in [1.29, 1.82) is 0 Å². The zero-order chi connectivity index (χ0) is 15.5. The average molecular weight is 292 g/mol. The highest BCUT2D eigenvalue weighted by atomic mass is 16.5. The van der Waals surface area contributed by atoms with Gasteiger partial charge < -0.3 is 10.1 Å². The lowest BCUT2D eigenvalue weighted by molar-refractivity contribution is 0.187. The van der Waals surface area contributed by atoms with E-state index in [1.807, 2.05) is 24.3 Å². The minimum Gasteiger partial charge on any atom is -0.453 e. The summed E-state index contributed by atoms with van der Waals surface area (Å²) in [5.74, 6) is 0. The third kappa shape index (κ3) is 7.59. The van der Waals surface area contributed by atoms with Crippen molar-refractivity contribution in [3.63, 3.8) is 0 Å². The molecule has 1 rings (SSSR count). The van der Waals surface area contributed by atoms with Crippen molar-refractivity contribution >= 4 is 17.5 Å². The molecule has 4 nitrogen and oxygen atoms in total. The standard InChI is InChI=1S/C17H28N2O2/c1-4-5-6-7-8-10-14(2)18-15-11-9-12-16(13-15)19-17(20)21-3/h9,11-14,18H,4-8,10H2,1-3H3,(H,19,20). The first-order chi connectivity index (χ1) is 10.2. The fourth-order valence-electron chi connectivity index (χ4n) is 2.27. The molecule has 1 atom stereocenters. The van der Waals surface area contributed by atoms with Crippen LogP contribution in [0.25, 0.3) is 0 Å². The van der Waals surface area contributed by atoms with Gasteiger partial charge in [0.25, 0.3) is 0 Å². The number of benzene rings is 1. The van der Waals surface area contributed by atoms with E-state index in [2.05, 4.69) is 29.2 Å². The molecule has 0 bridgehead atoms. The molecule has 1 unspecified atom stereocenters. The fraction of sp³-hybridized carbons (Fsp3) is 0.588. The number of rotatable bonds is 9. The maximum Gasteiger partial charge on any atom is 0.411 e. The summed E-state index contributed by atoms with van der Waals surface area (Å²) in [5, 5.41) is 6.14. The number of amides is 1. The summed E-state index contributed by atoms with van der Waals surface area (Å²) in [6, 6.07) is 8.12. The largest absolute Gasteiger partial charge is 0.453 e. The minimum atomic E-state index is -0.448. The van der Waals surface area contributed by atoms with Gasteiger partial charge in [-0.15, -0.1) is 0 Å². The molecular formula is C17H28N2O2. The van der Waals surface area contributed by atoms with Gasteiger partial charge in [0, 0.05) is 17.4 Å². The predicted molar refractivity (Wildman–Crippen MR) is 88.9 cm³/mol. The normalized spacial score (nSPS) is 11.8. The summed E-state index contributed by atoms with van der Waals surface area (Å²) < 4.78 is 4.59.